The van der Waals surface area contributed by atoms with Gasteiger partial charge in [0.2, 0.25) is 0 Å². The van der Waals surface area contributed by atoms with Crippen molar-refractivity contribution in [3.8, 4) is 0 Å². The minimum atomic E-state index is -0.244. The van der Waals surface area contributed by atoms with Crippen molar-refractivity contribution in [2.45, 2.75) is 63.9 Å². The first kappa shape index (κ1) is 16.7. The predicted octanol–water partition coefficient (Wildman–Crippen LogP) is 2.41. The second-order valence-electron chi connectivity index (χ2n) is 6.68. The standard InChI is InChI=1S/C17H27N3O2S/c21-14-7-3-5-12(14)11-19-17(22)18-10-4-9-16-20-13-6-1-2-8-15(13)23-16/h12,14,21H,1-11H2,(H2,18,19,22)/t12-,14-/m1/s1. The van der Waals surface area contributed by atoms with Crippen molar-refractivity contribution in [1.29, 1.82) is 0 Å². The van der Waals surface area contributed by atoms with E-state index in [1.807, 2.05) is 11.3 Å². The summed E-state index contributed by atoms with van der Waals surface area (Å²) in [7, 11) is 0. The van der Waals surface area contributed by atoms with Gasteiger partial charge in [-0.2, -0.15) is 0 Å². The first-order chi connectivity index (χ1) is 11.2. The van der Waals surface area contributed by atoms with Gasteiger partial charge in [-0.15, -0.1) is 11.3 Å². The molecule has 1 heterocycles. The number of urea groups is 1. The summed E-state index contributed by atoms with van der Waals surface area (Å²) >= 11 is 1.85. The Kier molecular flexibility index (Phi) is 5.89. The van der Waals surface area contributed by atoms with E-state index in [-0.39, 0.29) is 18.1 Å². The lowest BCUT2D eigenvalue weighted by Crippen LogP contribution is -2.40. The molecule has 2 amide bonds. The number of rotatable bonds is 6. The molecule has 0 unspecified atom stereocenters. The lowest BCUT2D eigenvalue weighted by atomic mass is 10.0. The van der Waals surface area contributed by atoms with Gasteiger partial charge in [0.15, 0.2) is 0 Å². The number of aliphatic hydroxyl groups is 1. The highest BCUT2D eigenvalue weighted by Gasteiger charge is 2.25. The Morgan fingerprint density at radius 1 is 1.22 bits per heavy atom. The number of aryl methyl sites for hydroxylation is 3. The molecule has 0 bridgehead atoms. The van der Waals surface area contributed by atoms with Crippen molar-refractivity contribution in [2.24, 2.45) is 5.92 Å². The molecule has 0 spiro atoms. The molecule has 1 saturated carbocycles. The summed E-state index contributed by atoms with van der Waals surface area (Å²) < 4.78 is 0. The van der Waals surface area contributed by atoms with Crippen LogP contribution in [0.15, 0.2) is 0 Å². The van der Waals surface area contributed by atoms with Gasteiger partial charge in [-0.25, -0.2) is 9.78 Å². The van der Waals surface area contributed by atoms with E-state index in [2.05, 4.69) is 10.6 Å². The quantitative estimate of drug-likeness (QED) is 0.698. The van der Waals surface area contributed by atoms with E-state index >= 15 is 0 Å². The zero-order valence-corrected chi connectivity index (χ0v) is 14.5. The van der Waals surface area contributed by atoms with Gasteiger partial charge in [-0.05, 0) is 44.9 Å². The summed E-state index contributed by atoms with van der Waals surface area (Å²) in [5, 5.41) is 16.7. The summed E-state index contributed by atoms with van der Waals surface area (Å²) in [6.45, 7) is 1.25. The number of carbonyl (C=O) groups is 1. The lowest BCUT2D eigenvalue weighted by Gasteiger charge is -2.15. The normalized spacial score (nSPS) is 23.5. The molecule has 2 aliphatic carbocycles. The second-order valence-corrected chi connectivity index (χ2v) is 7.85. The van der Waals surface area contributed by atoms with Crippen LogP contribution in [0, 0.1) is 5.92 Å². The van der Waals surface area contributed by atoms with Crippen LogP contribution in [0.5, 0.6) is 0 Å². The maximum absolute atomic E-state index is 11.8. The summed E-state index contributed by atoms with van der Waals surface area (Å²) in [6, 6.07) is -0.123. The van der Waals surface area contributed by atoms with E-state index in [1.165, 1.54) is 34.8 Å². The minimum absolute atomic E-state index is 0.123. The van der Waals surface area contributed by atoms with Crippen LogP contribution in [-0.4, -0.2) is 35.3 Å². The third-order valence-electron chi connectivity index (χ3n) is 4.89. The zero-order chi connectivity index (χ0) is 16.1. The van der Waals surface area contributed by atoms with E-state index < -0.39 is 0 Å². The summed E-state index contributed by atoms with van der Waals surface area (Å²) in [5.41, 5.74) is 1.32. The monoisotopic (exact) mass is 337 g/mol. The van der Waals surface area contributed by atoms with Gasteiger partial charge in [-0.3, -0.25) is 0 Å². The molecular weight excluding hydrogens is 310 g/mol. The average Bonchev–Trinajstić information content (AvgIpc) is 3.15. The Morgan fingerprint density at radius 3 is 2.87 bits per heavy atom. The Bertz CT molecular complexity index is 508. The van der Waals surface area contributed by atoms with E-state index in [1.54, 1.807) is 0 Å². The third-order valence-corrected chi connectivity index (χ3v) is 6.10. The van der Waals surface area contributed by atoms with Crippen LogP contribution in [0.4, 0.5) is 4.79 Å². The number of carbonyl (C=O) groups excluding carboxylic acids is 1. The Balaban J connectivity index is 1.30. The highest BCUT2D eigenvalue weighted by Crippen LogP contribution is 2.27. The fourth-order valence-electron chi connectivity index (χ4n) is 3.50. The zero-order valence-electron chi connectivity index (χ0n) is 13.6. The Hall–Kier alpha value is -1.14. The molecule has 1 aromatic heterocycles. The van der Waals surface area contributed by atoms with Gasteiger partial charge in [0.05, 0.1) is 16.8 Å². The molecule has 0 radical (unpaired) electrons. The topological polar surface area (TPSA) is 74.2 Å². The molecule has 23 heavy (non-hydrogen) atoms. The van der Waals surface area contributed by atoms with Gasteiger partial charge in [0.25, 0.3) is 0 Å². The summed E-state index contributed by atoms with van der Waals surface area (Å²) in [6.07, 6.45) is 9.46. The number of thiazole rings is 1. The lowest BCUT2D eigenvalue weighted by molar-refractivity contribution is 0.132. The van der Waals surface area contributed by atoms with Crippen LogP contribution < -0.4 is 10.6 Å². The fourth-order valence-corrected chi connectivity index (χ4v) is 4.69. The van der Waals surface area contributed by atoms with E-state index in [4.69, 9.17) is 4.98 Å². The molecule has 6 heteroatoms. The number of hydrogen-bond acceptors (Lipinski definition) is 4. The van der Waals surface area contributed by atoms with Gasteiger partial charge in [0, 0.05) is 30.3 Å². The number of nitrogens with one attached hydrogen (secondary N) is 2. The second kappa shape index (κ2) is 8.11. The van der Waals surface area contributed by atoms with Crippen molar-refractivity contribution in [1.82, 2.24) is 15.6 Å². The molecule has 1 aromatic rings. The maximum atomic E-state index is 11.8. The number of nitrogens with zero attached hydrogens (tertiary/aromatic N) is 1. The van der Waals surface area contributed by atoms with Gasteiger partial charge in [0.1, 0.15) is 0 Å². The van der Waals surface area contributed by atoms with Crippen LogP contribution in [0.2, 0.25) is 0 Å². The molecule has 0 saturated heterocycles. The largest absolute Gasteiger partial charge is 0.393 e. The maximum Gasteiger partial charge on any atom is 0.314 e. The van der Waals surface area contributed by atoms with E-state index in [9.17, 15) is 9.90 Å². The van der Waals surface area contributed by atoms with E-state index in [0.717, 1.165) is 38.5 Å². The highest BCUT2D eigenvalue weighted by molar-refractivity contribution is 7.11. The van der Waals surface area contributed by atoms with Crippen LogP contribution in [0.1, 0.15) is 54.1 Å². The first-order valence-corrected chi connectivity index (χ1v) is 9.71. The van der Waals surface area contributed by atoms with Crippen LogP contribution in [0.3, 0.4) is 0 Å². The summed E-state index contributed by atoms with van der Waals surface area (Å²) in [4.78, 5) is 18.0. The molecule has 3 rings (SSSR count). The highest BCUT2D eigenvalue weighted by atomic mass is 32.1. The molecular formula is C17H27N3O2S. The molecule has 2 atom stereocenters. The van der Waals surface area contributed by atoms with Crippen LogP contribution in [-0.2, 0) is 19.3 Å². The molecule has 1 fully saturated rings. The number of fused-ring (bicyclic) bond motifs is 1. The molecule has 2 aliphatic rings. The van der Waals surface area contributed by atoms with Crippen molar-refractivity contribution >= 4 is 17.4 Å². The smallest absolute Gasteiger partial charge is 0.314 e. The number of aromatic nitrogens is 1. The predicted molar refractivity (Wildman–Crippen MR) is 91.8 cm³/mol. The van der Waals surface area contributed by atoms with Crippen molar-refractivity contribution in [2.75, 3.05) is 13.1 Å². The van der Waals surface area contributed by atoms with Gasteiger partial charge < -0.3 is 15.7 Å². The number of hydrogen-bond donors (Lipinski definition) is 3. The summed E-state index contributed by atoms with van der Waals surface area (Å²) in [5.74, 6) is 0.224. The fraction of sp³-hybridized carbons (Fsp3) is 0.765. The Labute approximate surface area is 141 Å². The van der Waals surface area contributed by atoms with Crippen molar-refractivity contribution in [3.63, 3.8) is 0 Å². The Morgan fingerprint density at radius 2 is 2.09 bits per heavy atom. The van der Waals surface area contributed by atoms with Gasteiger partial charge >= 0.3 is 6.03 Å². The molecule has 3 N–H and O–H groups in total. The molecule has 128 valence electrons. The molecule has 0 aromatic carbocycles. The van der Waals surface area contributed by atoms with E-state index in [0.29, 0.717) is 13.1 Å². The van der Waals surface area contributed by atoms with Crippen LogP contribution >= 0.6 is 11.3 Å². The minimum Gasteiger partial charge on any atom is -0.393 e. The SMILES string of the molecule is O=C(NCCCc1nc2c(s1)CCCC2)NC[C@H]1CCC[C@H]1O. The number of amides is 2. The first-order valence-electron chi connectivity index (χ1n) is 8.89. The third kappa shape index (κ3) is 4.67. The van der Waals surface area contributed by atoms with Gasteiger partial charge in [-0.1, -0.05) is 6.42 Å². The van der Waals surface area contributed by atoms with Crippen LogP contribution in [0.25, 0.3) is 0 Å². The van der Waals surface area contributed by atoms with Crippen molar-refractivity contribution in [3.05, 3.63) is 15.6 Å². The molecule has 0 aliphatic heterocycles. The number of aliphatic hydroxyl groups excluding tert-OH is 1. The molecule has 5 nitrogen and oxygen atoms in total. The van der Waals surface area contributed by atoms with Crippen molar-refractivity contribution < 1.29 is 9.90 Å². The average molecular weight is 337 g/mol.